The molecule has 0 saturated heterocycles. The Kier molecular flexibility index (Phi) is 12.6. The highest BCUT2D eigenvalue weighted by atomic mass is 16.5. The summed E-state index contributed by atoms with van der Waals surface area (Å²) in [5.41, 5.74) is 5.41. The van der Waals surface area contributed by atoms with Gasteiger partial charge in [-0.15, -0.1) is 0 Å². The summed E-state index contributed by atoms with van der Waals surface area (Å²) >= 11 is 0. The first-order valence-corrected chi connectivity index (χ1v) is 6.73. The van der Waals surface area contributed by atoms with Gasteiger partial charge in [-0.2, -0.15) is 0 Å². The fourth-order valence-electron chi connectivity index (χ4n) is 1.63. The van der Waals surface area contributed by atoms with Gasteiger partial charge in [-0.25, -0.2) is 0 Å². The van der Waals surface area contributed by atoms with E-state index in [4.69, 9.17) is 5.73 Å². The highest BCUT2D eigenvalue weighted by Gasteiger charge is 1.98. The van der Waals surface area contributed by atoms with Gasteiger partial charge in [0.2, 0.25) is 0 Å². The molecule has 100 valence electrons. The Morgan fingerprint density at radius 3 is 2.18 bits per heavy atom. The molecule has 0 bridgehead atoms. The minimum absolute atomic E-state index is 0.0928. The molecule has 0 aliphatic rings. The molecule has 0 aliphatic carbocycles. The van der Waals surface area contributed by atoms with Crippen molar-refractivity contribution in [3.8, 4) is 0 Å². The number of nitrogens with two attached hydrogens (primary N) is 1. The highest BCUT2D eigenvalue weighted by Crippen LogP contribution is 2.07. The van der Waals surface area contributed by atoms with Crippen LogP contribution in [0.2, 0.25) is 0 Å². The number of methoxy groups -OCH3 is 1. The van der Waals surface area contributed by atoms with Crippen LogP contribution >= 0.6 is 0 Å². The Balaban J connectivity index is 3.10. The molecule has 0 atom stereocenters. The summed E-state index contributed by atoms with van der Waals surface area (Å²) in [6.45, 7) is 0.800. The molecule has 0 aromatic rings. The van der Waals surface area contributed by atoms with Crippen LogP contribution in [0.15, 0.2) is 12.2 Å². The lowest BCUT2D eigenvalue weighted by Crippen LogP contribution is -1.98. The number of carbonyl (C=O) groups is 1. The summed E-state index contributed by atoms with van der Waals surface area (Å²) in [4.78, 5) is 10.8. The van der Waals surface area contributed by atoms with Crippen molar-refractivity contribution in [2.45, 2.75) is 57.8 Å². The Morgan fingerprint density at radius 1 is 1.00 bits per heavy atom. The van der Waals surface area contributed by atoms with Crippen LogP contribution in [-0.2, 0) is 9.53 Å². The van der Waals surface area contributed by atoms with E-state index in [1.807, 2.05) is 0 Å². The maximum atomic E-state index is 10.8. The molecular weight excluding hydrogens is 214 g/mol. The van der Waals surface area contributed by atoms with Crippen LogP contribution in [0.25, 0.3) is 0 Å². The van der Waals surface area contributed by atoms with E-state index in [1.165, 1.54) is 26.4 Å². The molecule has 0 aromatic heterocycles. The SMILES string of the molecule is COC(=O)CCCCCC/C=C\CCCCN. The van der Waals surface area contributed by atoms with Gasteiger partial charge in [-0.05, 0) is 45.1 Å². The Bertz CT molecular complexity index is 202. The lowest BCUT2D eigenvalue weighted by molar-refractivity contribution is -0.140. The zero-order valence-electron chi connectivity index (χ0n) is 11.1. The predicted octanol–water partition coefficient (Wildman–Crippen LogP) is 3.19. The molecule has 0 aromatic carbocycles. The number of allylic oxidation sites excluding steroid dienone is 2. The molecular formula is C14H27NO2. The van der Waals surface area contributed by atoms with Crippen LogP contribution in [0, 0.1) is 0 Å². The summed E-state index contributed by atoms with van der Waals surface area (Å²) in [7, 11) is 1.44. The van der Waals surface area contributed by atoms with Crippen LogP contribution in [0.1, 0.15) is 57.8 Å². The van der Waals surface area contributed by atoms with Crippen LogP contribution in [0.4, 0.5) is 0 Å². The number of rotatable bonds is 11. The summed E-state index contributed by atoms with van der Waals surface area (Å²) in [5, 5.41) is 0. The predicted molar refractivity (Wildman–Crippen MR) is 71.8 cm³/mol. The van der Waals surface area contributed by atoms with Crippen LogP contribution < -0.4 is 5.73 Å². The summed E-state index contributed by atoms with van der Waals surface area (Å²) in [5.74, 6) is -0.0928. The third-order valence-electron chi connectivity index (χ3n) is 2.72. The Labute approximate surface area is 105 Å². The first-order valence-electron chi connectivity index (χ1n) is 6.73. The van der Waals surface area contributed by atoms with Crippen molar-refractivity contribution >= 4 is 5.97 Å². The number of hydrogen-bond donors (Lipinski definition) is 1. The van der Waals surface area contributed by atoms with E-state index in [1.54, 1.807) is 0 Å². The number of ether oxygens (including phenoxy) is 1. The van der Waals surface area contributed by atoms with E-state index in [-0.39, 0.29) is 5.97 Å². The van der Waals surface area contributed by atoms with Crippen molar-refractivity contribution in [1.29, 1.82) is 0 Å². The van der Waals surface area contributed by atoms with Gasteiger partial charge in [0.25, 0.3) is 0 Å². The van der Waals surface area contributed by atoms with Crippen molar-refractivity contribution < 1.29 is 9.53 Å². The normalized spacial score (nSPS) is 10.9. The molecule has 0 heterocycles. The maximum absolute atomic E-state index is 10.8. The standard InChI is InChI=1S/C14H27NO2/c1-17-14(16)12-10-8-6-4-2-3-5-7-9-11-13-15/h3,5H,2,4,6-13,15H2,1H3/b5-3-. The van der Waals surface area contributed by atoms with Gasteiger partial charge in [0.15, 0.2) is 0 Å². The molecule has 0 unspecified atom stereocenters. The van der Waals surface area contributed by atoms with Crippen molar-refractivity contribution in [2.75, 3.05) is 13.7 Å². The lowest BCUT2D eigenvalue weighted by Gasteiger charge is -1.99. The topological polar surface area (TPSA) is 52.3 Å². The van der Waals surface area contributed by atoms with Gasteiger partial charge in [0.05, 0.1) is 7.11 Å². The molecule has 0 aliphatic heterocycles. The maximum Gasteiger partial charge on any atom is 0.305 e. The van der Waals surface area contributed by atoms with Gasteiger partial charge in [0.1, 0.15) is 0 Å². The van der Waals surface area contributed by atoms with E-state index in [0.29, 0.717) is 6.42 Å². The first kappa shape index (κ1) is 16.2. The molecule has 0 fully saturated rings. The minimum Gasteiger partial charge on any atom is -0.469 e. The first-order chi connectivity index (χ1) is 8.31. The lowest BCUT2D eigenvalue weighted by atomic mass is 10.1. The largest absolute Gasteiger partial charge is 0.469 e. The van der Waals surface area contributed by atoms with Crippen LogP contribution in [0.3, 0.4) is 0 Å². The van der Waals surface area contributed by atoms with Gasteiger partial charge >= 0.3 is 5.97 Å². The average Bonchev–Trinajstić information content (AvgIpc) is 2.35. The summed E-state index contributed by atoms with van der Waals surface area (Å²) in [6.07, 6.45) is 14.2. The van der Waals surface area contributed by atoms with Crippen LogP contribution in [-0.4, -0.2) is 19.6 Å². The van der Waals surface area contributed by atoms with Gasteiger partial charge < -0.3 is 10.5 Å². The van der Waals surface area contributed by atoms with Crippen molar-refractivity contribution in [3.63, 3.8) is 0 Å². The quantitative estimate of drug-likeness (QED) is 0.343. The second-order valence-corrected chi connectivity index (χ2v) is 4.28. The summed E-state index contributed by atoms with van der Waals surface area (Å²) < 4.78 is 4.58. The van der Waals surface area contributed by atoms with Crippen LogP contribution in [0.5, 0.6) is 0 Å². The molecule has 0 saturated carbocycles. The Hall–Kier alpha value is -0.830. The average molecular weight is 241 g/mol. The Morgan fingerprint density at radius 2 is 1.59 bits per heavy atom. The number of carbonyl (C=O) groups excluding carboxylic acids is 1. The van der Waals surface area contributed by atoms with Gasteiger partial charge in [-0.1, -0.05) is 25.0 Å². The van der Waals surface area contributed by atoms with E-state index >= 15 is 0 Å². The minimum atomic E-state index is -0.0928. The molecule has 0 radical (unpaired) electrons. The zero-order chi connectivity index (χ0) is 12.8. The van der Waals surface area contributed by atoms with Gasteiger partial charge in [-0.3, -0.25) is 4.79 Å². The fraction of sp³-hybridized carbons (Fsp3) is 0.786. The highest BCUT2D eigenvalue weighted by molar-refractivity contribution is 5.68. The van der Waals surface area contributed by atoms with E-state index in [0.717, 1.165) is 38.6 Å². The zero-order valence-corrected chi connectivity index (χ0v) is 11.1. The third-order valence-corrected chi connectivity index (χ3v) is 2.72. The smallest absolute Gasteiger partial charge is 0.305 e. The molecule has 3 nitrogen and oxygen atoms in total. The third kappa shape index (κ3) is 13.1. The molecule has 0 amide bonds. The monoisotopic (exact) mass is 241 g/mol. The van der Waals surface area contributed by atoms with E-state index in [2.05, 4.69) is 16.9 Å². The van der Waals surface area contributed by atoms with Crippen molar-refractivity contribution in [3.05, 3.63) is 12.2 Å². The molecule has 17 heavy (non-hydrogen) atoms. The molecule has 0 rings (SSSR count). The number of hydrogen-bond acceptors (Lipinski definition) is 3. The number of esters is 1. The summed E-state index contributed by atoms with van der Waals surface area (Å²) in [6, 6.07) is 0. The van der Waals surface area contributed by atoms with Crippen molar-refractivity contribution in [2.24, 2.45) is 5.73 Å². The molecule has 2 N–H and O–H groups in total. The molecule has 3 heteroatoms. The van der Waals surface area contributed by atoms with Crippen molar-refractivity contribution in [1.82, 2.24) is 0 Å². The molecule has 0 spiro atoms. The second kappa shape index (κ2) is 13.2. The fourth-order valence-corrected chi connectivity index (χ4v) is 1.63. The van der Waals surface area contributed by atoms with E-state index < -0.39 is 0 Å². The van der Waals surface area contributed by atoms with E-state index in [9.17, 15) is 4.79 Å². The number of unbranched alkanes of at least 4 members (excludes halogenated alkanes) is 6. The van der Waals surface area contributed by atoms with Gasteiger partial charge in [0, 0.05) is 6.42 Å². The second-order valence-electron chi connectivity index (χ2n) is 4.28.